The van der Waals surface area contributed by atoms with Crippen LogP contribution in [0.1, 0.15) is 33.2 Å². The van der Waals surface area contributed by atoms with Gasteiger partial charge in [-0.05, 0) is 79.3 Å². The van der Waals surface area contributed by atoms with Gasteiger partial charge in [-0.25, -0.2) is 4.79 Å². The van der Waals surface area contributed by atoms with Gasteiger partial charge in [-0.15, -0.1) is 12.4 Å². The van der Waals surface area contributed by atoms with Gasteiger partial charge >= 0.3 is 5.97 Å². The topological polar surface area (TPSA) is 128 Å². The van der Waals surface area contributed by atoms with Crippen LogP contribution in [-0.4, -0.2) is 61.6 Å². The van der Waals surface area contributed by atoms with Crippen molar-refractivity contribution in [3.8, 4) is 5.75 Å². The summed E-state index contributed by atoms with van der Waals surface area (Å²) in [4.78, 5) is 55.9. The number of hydrogen-bond acceptors (Lipinski definition) is 6. The molecule has 4 aromatic rings. The molecule has 3 N–H and O–H groups in total. The van der Waals surface area contributed by atoms with Gasteiger partial charge in [0.15, 0.2) is 0 Å². The number of para-hydroxylation sites is 2. The number of methoxy groups -OCH3 is 1. The molecule has 10 nitrogen and oxygen atoms in total. The second-order valence-electron chi connectivity index (χ2n) is 10.4. The molecule has 0 fully saturated rings. The number of halogens is 2. The molecule has 1 heterocycles. The minimum absolute atomic E-state index is 0. The van der Waals surface area contributed by atoms with Gasteiger partial charge in [-0.3, -0.25) is 14.4 Å². The Morgan fingerprint density at radius 2 is 1.67 bits per heavy atom. The van der Waals surface area contributed by atoms with E-state index in [1.54, 1.807) is 50.2 Å². The average molecular weight is 696 g/mol. The summed E-state index contributed by atoms with van der Waals surface area (Å²) in [5, 5.41) is 16.9. The van der Waals surface area contributed by atoms with Crippen molar-refractivity contribution in [3.05, 3.63) is 100 Å². The summed E-state index contributed by atoms with van der Waals surface area (Å²) in [5.74, 6) is -1.77. The van der Waals surface area contributed by atoms with E-state index in [0.717, 1.165) is 20.8 Å². The number of carbonyl (C=O) groups is 4. The molecule has 1 aliphatic rings. The molecule has 0 radical (unpaired) electrons. The van der Waals surface area contributed by atoms with Gasteiger partial charge in [0, 0.05) is 15.6 Å². The lowest BCUT2D eigenvalue weighted by molar-refractivity contribution is -0.128. The molecule has 0 saturated carbocycles. The van der Waals surface area contributed by atoms with Crippen molar-refractivity contribution in [1.29, 1.82) is 0 Å². The zero-order chi connectivity index (χ0) is 31.5. The van der Waals surface area contributed by atoms with Crippen molar-refractivity contribution in [2.75, 3.05) is 30.5 Å². The first-order valence-electron chi connectivity index (χ1n) is 13.9. The first-order chi connectivity index (χ1) is 21.1. The number of hydrogen-bond donors (Lipinski definition) is 3. The Morgan fingerprint density at radius 3 is 2.31 bits per heavy atom. The monoisotopic (exact) mass is 694 g/mol. The van der Waals surface area contributed by atoms with E-state index in [1.165, 1.54) is 29.2 Å². The molecule has 12 heteroatoms. The van der Waals surface area contributed by atoms with Gasteiger partial charge in [0.05, 0.1) is 43.2 Å². The minimum Gasteiger partial charge on any atom is -0.496 e. The third-order valence-electron chi connectivity index (χ3n) is 7.75. The van der Waals surface area contributed by atoms with Crippen LogP contribution in [0.2, 0.25) is 0 Å². The number of fused-ring (bicyclic) bond motifs is 2. The molecule has 1 unspecified atom stereocenters. The molecule has 0 bridgehead atoms. The van der Waals surface area contributed by atoms with Crippen LogP contribution in [0.25, 0.3) is 10.8 Å². The van der Waals surface area contributed by atoms with Gasteiger partial charge in [0.25, 0.3) is 11.8 Å². The Bertz CT molecular complexity index is 1770. The number of amides is 3. The Hall–Kier alpha value is -4.45. The highest BCUT2D eigenvalue weighted by molar-refractivity contribution is 9.10. The van der Waals surface area contributed by atoms with Crippen LogP contribution < -0.4 is 25.2 Å². The molecule has 1 aliphatic heterocycles. The maximum atomic E-state index is 14.4. The number of ether oxygens (including phenoxy) is 1. The summed E-state index contributed by atoms with van der Waals surface area (Å²) >= 11 is 3.52. The van der Waals surface area contributed by atoms with Gasteiger partial charge in [0.2, 0.25) is 5.91 Å². The molecule has 3 amide bonds. The van der Waals surface area contributed by atoms with Crippen molar-refractivity contribution >= 4 is 74.2 Å². The Kier molecular flexibility index (Phi) is 10.5. The van der Waals surface area contributed by atoms with E-state index in [-0.39, 0.29) is 36.6 Å². The number of carboxylic acid groups (broad SMARTS) is 1. The van der Waals surface area contributed by atoms with Gasteiger partial charge in [-0.2, -0.15) is 0 Å². The molecule has 0 aliphatic carbocycles. The van der Waals surface area contributed by atoms with E-state index in [0.29, 0.717) is 17.1 Å². The van der Waals surface area contributed by atoms with E-state index in [4.69, 9.17) is 4.74 Å². The lowest BCUT2D eigenvalue weighted by Crippen LogP contribution is -2.55. The van der Waals surface area contributed by atoms with Crippen LogP contribution in [-0.2, 0) is 16.1 Å². The zero-order valence-corrected chi connectivity index (χ0v) is 27.1. The summed E-state index contributed by atoms with van der Waals surface area (Å²) in [7, 11) is 3.21. The first-order valence-corrected chi connectivity index (χ1v) is 14.7. The number of aromatic carboxylic acids is 1. The maximum absolute atomic E-state index is 14.4. The summed E-state index contributed by atoms with van der Waals surface area (Å²) in [6.45, 7) is 1.63. The van der Waals surface area contributed by atoms with Gasteiger partial charge in [-0.1, -0.05) is 40.2 Å². The molecule has 45 heavy (non-hydrogen) atoms. The Balaban J connectivity index is 0.00000461. The summed E-state index contributed by atoms with van der Waals surface area (Å²) < 4.78 is 6.63. The summed E-state index contributed by atoms with van der Waals surface area (Å²) in [6.07, 6.45) is 0. The van der Waals surface area contributed by atoms with E-state index in [1.807, 2.05) is 30.3 Å². The summed E-state index contributed by atoms with van der Waals surface area (Å²) in [5.41, 5.74) is 1.98. The number of carboxylic acids is 1. The predicted octanol–water partition coefficient (Wildman–Crippen LogP) is 5.02. The van der Waals surface area contributed by atoms with E-state index in [9.17, 15) is 24.3 Å². The normalized spacial score (nSPS) is 15.0. The second-order valence-corrected chi connectivity index (χ2v) is 11.3. The highest BCUT2D eigenvalue weighted by atomic mass is 79.9. The van der Waals surface area contributed by atoms with Crippen LogP contribution in [0.4, 0.5) is 11.4 Å². The number of nitrogens with zero attached hydrogens (tertiary/aromatic N) is 2. The van der Waals surface area contributed by atoms with E-state index in [2.05, 4.69) is 26.6 Å². The highest BCUT2D eigenvalue weighted by Crippen LogP contribution is 2.38. The molecule has 0 spiro atoms. The smallest absolute Gasteiger partial charge is 0.335 e. The highest BCUT2D eigenvalue weighted by Gasteiger charge is 2.38. The largest absolute Gasteiger partial charge is 0.496 e. The molecular weight excluding hydrogens is 664 g/mol. The van der Waals surface area contributed by atoms with Crippen LogP contribution >= 0.6 is 28.3 Å². The van der Waals surface area contributed by atoms with Crippen molar-refractivity contribution in [1.82, 2.24) is 10.6 Å². The fourth-order valence-electron chi connectivity index (χ4n) is 5.25. The van der Waals surface area contributed by atoms with Crippen LogP contribution in [0.15, 0.2) is 83.3 Å². The van der Waals surface area contributed by atoms with Crippen molar-refractivity contribution in [2.24, 2.45) is 0 Å². The maximum Gasteiger partial charge on any atom is 0.335 e. The van der Waals surface area contributed by atoms with Gasteiger partial charge in [0.1, 0.15) is 11.8 Å². The third-order valence-corrected chi connectivity index (χ3v) is 8.24. The Morgan fingerprint density at radius 1 is 1.00 bits per heavy atom. The number of benzene rings is 4. The minimum atomic E-state index is -1.11. The number of likely N-dealkylation sites (N-methyl/N-ethyl adjacent to an activating group) is 1. The van der Waals surface area contributed by atoms with Crippen molar-refractivity contribution < 1.29 is 29.0 Å². The summed E-state index contributed by atoms with van der Waals surface area (Å²) in [6, 6.07) is 20.6. The predicted molar refractivity (Wildman–Crippen MR) is 179 cm³/mol. The second kappa shape index (κ2) is 14.1. The van der Waals surface area contributed by atoms with Crippen molar-refractivity contribution in [2.45, 2.75) is 25.6 Å². The fraction of sp³-hybridized carbons (Fsp3) is 0.212. The standard InChI is InChI=1S/C33H31BrN4O6.ClH/c1-19(35-2)30(39)36-26-18-38(31(40)20-8-10-21(11-9-20)33(42)43)28-7-5-4-6-27(28)37(32(26)41)17-25-24-14-13-23(34)16-22(24)12-15-29(25)44-3;/h4-16,19,26,35H,17-18H2,1-3H3,(H,36,39)(H,42,43);1H/t19?,26-;/m0./s1. The van der Waals surface area contributed by atoms with E-state index >= 15 is 0 Å². The number of anilines is 2. The number of nitrogens with one attached hydrogen (secondary N) is 2. The number of carbonyl (C=O) groups excluding carboxylic acids is 3. The molecule has 0 aromatic heterocycles. The Labute approximate surface area is 274 Å². The zero-order valence-electron chi connectivity index (χ0n) is 24.7. The molecule has 234 valence electrons. The van der Waals surface area contributed by atoms with E-state index < -0.39 is 35.8 Å². The lowest BCUT2D eigenvalue weighted by Gasteiger charge is -2.27. The molecule has 2 atom stereocenters. The van der Waals surface area contributed by atoms with Gasteiger partial charge < -0.3 is 30.3 Å². The molecule has 0 saturated heterocycles. The third kappa shape index (κ3) is 6.80. The van der Waals surface area contributed by atoms with Crippen LogP contribution in [0, 0.1) is 0 Å². The van der Waals surface area contributed by atoms with Crippen molar-refractivity contribution in [3.63, 3.8) is 0 Å². The molecular formula is C33H32BrClN4O6. The number of rotatable bonds is 8. The van der Waals surface area contributed by atoms with Crippen LogP contribution in [0.3, 0.4) is 0 Å². The first kappa shape index (κ1) is 33.4. The molecule has 5 rings (SSSR count). The fourth-order valence-corrected chi connectivity index (χ4v) is 5.62. The van der Waals surface area contributed by atoms with Crippen LogP contribution in [0.5, 0.6) is 5.75 Å². The quantitative estimate of drug-likeness (QED) is 0.236. The molecule has 4 aromatic carbocycles. The lowest BCUT2D eigenvalue weighted by atomic mass is 10.0. The SMILES string of the molecule is CNC(C)C(=O)N[C@H]1CN(C(=O)c2ccc(C(=O)O)cc2)c2ccccc2N(Cc2c(OC)ccc3cc(Br)ccc23)C1=O.Cl. The average Bonchev–Trinajstić information content (AvgIpc) is 3.14.